The van der Waals surface area contributed by atoms with Crippen LogP contribution in [0.15, 0.2) is 42.5 Å². The lowest BCUT2D eigenvalue weighted by atomic mass is 10.1. The number of hydrogen-bond donors (Lipinski definition) is 1. The first kappa shape index (κ1) is 26.3. The SMILES string of the molecule is CCNC(=O)[C@H](C)N(Cc1cccc(Cl)c1)C(=O)CN(c1cccc(Cl)c1Cl)S(C)(=O)=O. The molecule has 2 aromatic carbocycles. The van der Waals surface area contributed by atoms with Gasteiger partial charge in [0.25, 0.3) is 0 Å². The van der Waals surface area contributed by atoms with Crippen LogP contribution in [-0.2, 0) is 26.2 Å². The van der Waals surface area contributed by atoms with E-state index in [1.54, 1.807) is 38.1 Å². The number of carbonyl (C=O) groups is 2. The summed E-state index contributed by atoms with van der Waals surface area (Å²) in [5.74, 6) is -0.959. The van der Waals surface area contributed by atoms with E-state index >= 15 is 0 Å². The van der Waals surface area contributed by atoms with Crippen LogP contribution in [0.3, 0.4) is 0 Å². The molecule has 0 spiro atoms. The highest BCUT2D eigenvalue weighted by Crippen LogP contribution is 2.33. The lowest BCUT2D eigenvalue weighted by Crippen LogP contribution is -2.51. The number of benzene rings is 2. The second-order valence-electron chi connectivity index (χ2n) is 7.06. The van der Waals surface area contributed by atoms with Crippen molar-refractivity contribution in [3.8, 4) is 0 Å². The molecule has 0 aromatic heterocycles. The monoisotopic (exact) mass is 519 g/mol. The summed E-state index contributed by atoms with van der Waals surface area (Å²) in [6, 6.07) is 10.5. The van der Waals surface area contributed by atoms with Gasteiger partial charge < -0.3 is 10.2 Å². The molecule has 7 nitrogen and oxygen atoms in total. The molecule has 1 atom stereocenters. The van der Waals surface area contributed by atoms with Crippen molar-refractivity contribution < 1.29 is 18.0 Å². The van der Waals surface area contributed by atoms with Gasteiger partial charge in [0.1, 0.15) is 12.6 Å². The van der Waals surface area contributed by atoms with Gasteiger partial charge in [0.05, 0.1) is 22.0 Å². The average molecular weight is 521 g/mol. The van der Waals surface area contributed by atoms with Gasteiger partial charge in [-0.1, -0.05) is 53.0 Å². The molecule has 0 bridgehead atoms. The van der Waals surface area contributed by atoms with Gasteiger partial charge in [0.2, 0.25) is 21.8 Å². The van der Waals surface area contributed by atoms with Gasteiger partial charge >= 0.3 is 0 Å². The van der Waals surface area contributed by atoms with E-state index in [0.717, 1.165) is 10.6 Å². The van der Waals surface area contributed by atoms with E-state index in [-0.39, 0.29) is 28.2 Å². The fourth-order valence-corrected chi connectivity index (χ4v) is 4.53. The predicted octanol–water partition coefficient (Wildman–Crippen LogP) is 3.97. The van der Waals surface area contributed by atoms with Crippen LogP contribution in [0.2, 0.25) is 15.1 Å². The van der Waals surface area contributed by atoms with E-state index in [1.165, 1.54) is 23.1 Å². The van der Waals surface area contributed by atoms with E-state index < -0.39 is 28.5 Å². The summed E-state index contributed by atoms with van der Waals surface area (Å²) in [6.07, 6.45) is 0.964. The molecule has 174 valence electrons. The standard InChI is InChI=1S/C21H24Cl3N3O4S/c1-4-25-21(29)14(2)26(12-15-7-5-8-16(22)11-15)19(28)13-27(32(3,30)31)18-10-6-9-17(23)20(18)24/h5-11,14H,4,12-13H2,1-3H3,(H,25,29)/t14-/m0/s1. The first-order chi connectivity index (χ1) is 15.0. The summed E-state index contributed by atoms with van der Waals surface area (Å²) >= 11 is 18.3. The van der Waals surface area contributed by atoms with Crippen molar-refractivity contribution in [1.82, 2.24) is 10.2 Å². The molecule has 0 aliphatic heterocycles. The summed E-state index contributed by atoms with van der Waals surface area (Å²) in [5.41, 5.74) is 0.761. The number of nitrogens with one attached hydrogen (secondary N) is 1. The highest BCUT2D eigenvalue weighted by atomic mass is 35.5. The van der Waals surface area contributed by atoms with Crippen molar-refractivity contribution in [1.29, 1.82) is 0 Å². The Morgan fingerprint density at radius 2 is 1.75 bits per heavy atom. The molecule has 0 saturated heterocycles. The van der Waals surface area contributed by atoms with Crippen molar-refractivity contribution in [2.75, 3.05) is 23.7 Å². The second kappa shape index (κ2) is 11.2. The quantitative estimate of drug-likeness (QED) is 0.542. The van der Waals surface area contributed by atoms with Crippen LogP contribution >= 0.6 is 34.8 Å². The van der Waals surface area contributed by atoms with Gasteiger partial charge in [-0.2, -0.15) is 0 Å². The third-order valence-corrected chi connectivity index (χ3v) is 6.81. The van der Waals surface area contributed by atoms with E-state index in [9.17, 15) is 18.0 Å². The molecule has 0 saturated carbocycles. The van der Waals surface area contributed by atoms with Crippen LogP contribution in [0.5, 0.6) is 0 Å². The van der Waals surface area contributed by atoms with Crippen LogP contribution in [0, 0.1) is 0 Å². The summed E-state index contributed by atoms with van der Waals surface area (Å²) in [4.78, 5) is 27.1. The van der Waals surface area contributed by atoms with Crippen LogP contribution in [0.1, 0.15) is 19.4 Å². The van der Waals surface area contributed by atoms with Crippen molar-refractivity contribution in [3.05, 3.63) is 63.1 Å². The van der Waals surface area contributed by atoms with Crippen LogP contribution in [0.4, 0.5) is 5.69 Å². The zero-order chi connectivity index (χ0) is 24.1. The third-order valence-electron chi connectivity index (χ3n) is 4.64. The number of halogens is 3. The van der Waals surface area contributed by atoms with Crippen molar-refractivity contribution in [2.24, 2.45) is 0 Å². The zero-order valence-electron chi connectivity index (χ0n) is 17.8. The van der Waals surface area contributed by atoms with Gasteiger partial charge in [-0.15, -0.1) is 0 Å². The van der Waals surface area contributed by atoms with Gasteiger partial charge in [-0.05, 0) is 43.7 Å². The maximum atomic E-state index is 13.3. The fraction of sp³-hybridized carbons (Fsp3) is 0.333. The maximum absolute atomic E-state index is 13.3. The highest BCUT2D eigenvalue weighted by molar-refractivity contribution is 7.92. The minimum absolute atomic E-state index is 0.00515. The number of sulfonamides is 1. The highest BCUT2D eigenvalue weighted by Gasteiger charge is 2.30. The average Bonchev–Trinajstić information content (AvgIpc) is 2.71. The van der Waals surface area contributed by atoms with Crippen molar-refractivity contribution in [3.63, 3.8) is 0 Å². The molecule has 1 N–H and O–H groups in total. The molecule has 2 rings (SSSR count). The largest absolute Gasteiger partial charge is 0.355 e. The Bertz CT molecular complexity index is 1100. The molecule has 32 heavy (non-hydrogen) atoms. The molecular formula is C21H24Cl3N3O4S. The Balaban J connectivity index is 2.43. The first-order valence-corrected chi connectivity index (χ1v) is 12.7. The number of hydrogen-bond acceptors (Lipinski definition) is 4. The van der Waals surface area contributed by atoms with Crippen molar-refractivity contribution in [2.45, 2.75) is 26.4 Å². The normalized spacial score (nSPS) is 12.2. The van der Waals surface area contributed by atoms with Crippen LogP contribution in [0.25, 0.3) is 0 Å². The summed E-state index contributed by atoms with van der Waals surface area (Å²) in [6.45, 7) is 3.21. The molecule has 11 heteroatoms. The van der Waals surface area contributed by atoms with Gasteiger partial charge in [-0.25, -0.2) is 8.42 Å². The minimum atomic E-state index is -3.90. The lowest BCUT2D eigenvalue weighted by Gasteiger charge is -2.31. The summed E-state index contributed by atoms with van der Waals surface area (Å²) < 4.78 is 25.9. The Labute approximate surface area is 203 Å². The number of likely N-dealkylation sites (N-methyl/N-ethyl adjacent to an activating group) is 1. The van der Waals surface area contributed by atoms with Crippen LogP contribution < -0.4 is 9.62 Å². The fourth-order valence-electron chi connectivity index (χ4n) is 3.02. The molecule has 2 aromatic rings. The van der Waals surface area contributed by atoms with E-state index in [1.807, 2.05) is 0 Å². The molecule has 2 amide bonds. The molecule has 0 aliphatic carbocycles. The molecule has 0 aliphatic rings. The molecular weight excluding hydrogens is 497 g/mol. The maximum Gasteiger partial charge on any atom is 0.244 e. The predicted molar refractivity (Wildman–Crippen MR) is 129 cm³/mol. The van der Waals surface area contributed by atoms with Crippen LogP contribution in [-0.4, -0.2) is 50.5 Å². The van der Waals surface area contributed by atoms with Gasteiger partial charge in [0, 0.05) is 18.1 Å². The number of anilines is 1. The van der Waals surface area contributed by atoms with E-state index in [0.29, 0.717) is 17.1 Å². The Morgan fingerprint density at radius 1 is 1.09 bits per heavy atom. The minimum Gasteiger partial charge on any atom is -0.355 e. The van der Waals surface area contributed by atoms with E-state index in [2.05, 4.69) is 5.32 Å². The smallest absolute Gasteiger partial charge is 0.244 e. The summed E-state index contributed by atoms with van der Waals surface area (Å²) in [7, 11) is -3.90. The van der Waals surface area contributed by atoms with Gasteiger partial charge in [-0.3, -0.25) is 13.9 Å². The van der Waals surface area contributed by atoms with E-state index in [4.69, 9.17) is 34.8 Å². The number of rotatable bonds is 9. The Kier molecular flexibility index (Phi) is 9.21. The topological polar surface area (TPSA) is 86.8 Å². The van der Waals surface area contributed by atoms with Crippen molar-refractivity contribution >= 4 is 62.3 Å². The zero-order valence-corrected chi connectivity index (χ0v) is 20.9. The molecule has 0 unspecified atom stereocenters. The van der Waals surface area contributed by atoms with Gasteiger partial charge in [0.15, 0.2) is 0 Å². The first-order valence-electron chi connectivity index (χ1n) is 9.69. The lowest BCUT2D eigenvalue weighted by molar-refractivity contribution is -0.139. The number of nitrogens with zero attached hydrogens (tertiary/aromatic N) is 2. The number of carbonyl (C=O) groups excluding carboxylic acids is 2. The molecule has 0 radical (unpaired) electrons. The second-order valence-corrected chi connectivity index (χ2v) is 10.2. The summed E-state index contributed by atoms with van der Waals surface area (Å²) in [5, 5.41) is 3.31. The Hall–Kier alpha value is -2.00. The third kappa shape index (κ3) is 6.75. The number of amides is 2. The molecule has 0 fully saturated rings. The Morgan fingerprint density at radius 3 is 2.34 bits per heavy atom. The molecule has 0 heterocycles.